The van der Waals surface area contributed by atoms with Gasteiger partial charge < -0.3 is 19.7 Å². The third kappa shape index (κ3) is 10.0. The molecule has 0 amide bonds. The second-order valence-corrected chi connectivity index (χ2v) is 17.9. The monoisotopic (exact) mass is 872 g/mol. The maximum atomic E-state index is 12.2. The highest BCUT2D eigenvalue weighted by Crippen LogP contribution is 2.47. The Labute approximate surface area is 392 Å². The third-order valence-electron chi connectivity index (χ3n) is 13.1. The number of ether oxygens (including phenoxy) is 2. The highest BCUT2D eigenvalue weighted by atomic mass is 16.5. The van der Waals surface area contributed by atoms with Gasteiger partial charge in [0.05, 0.1) is 13.2 Å². The summed E-state index contributed by atoms with van der Waals surface area (Å²) in [6.45, 7) is 13.5. The molecule has 4 nitrogen and oxygen atoms in total. The summed E-state index contributed by atoms with van der Waals surface area (Å²) in [5, 5.41) is 29.0. The summed E-state index contributed by atoms with van der Waals surface area (Å²) in [5.74, 6) is 1.88. The van der Waals surface area contributed by atoms with E-state index < -0.39 is 0 Å². The minimum atomic E-state index is -0.0341. The first kappa shape index (κ1) is 45.8. The molecule has 0 saturated carbocycles. The van der Waals surface area contributed by atoms with Crippen LogP contribution >= 0.6 is 0 Å². The topological polar surface area (TPSA) is 58.9 Å². The third-order valence-corrected chi connectivity index (χ3v) is 13.1. The molecule has 8 aromatic rings. The summed E-state index contributed by atoms with van der Waals surface area (Å²) in [5.41, 5.74) is 11.6. The number of fused-ring (bicyclic) bond motifs is 2. The van der Waals surface area contributed by atoms with Gasteiger partial charge in [0.1, 0.15) is 23.0 Å². The summed E-state index contributed by atoms with van der Waals surface area (Å²) in [4.78, 5) is 0. The number of hydrogen-bond donors (Lipinski definition) is 2. The smallest absolute Gasteiger partial charge is 0.131 e. The molecule has 0 aromatic heterocycles. The number of phenols is 2. The molecule has 0 atom stereocenters. The molecule has 0 bridgehead atoms. The molecule has 336 valence electrons. The number of hydrogen-bond acceptors (Lipinski definition) is 4. The Morgan fingerprint density at radius 2 is 0.924 bits per heavy atom. The first-order valence-corrected chi connectivity index (χ1v) is 24.0. The Kier molecular flexibility index (Phi) is 14.9. The van der Waals surface area contributed by atoms with Crippen molar-refractivity contribution in [3.63, 3.8) is 0 Å². The highest BCUT2D eigenvalue weighted by molar-refractivity contribution is 6.02. The van der Waals surface area contributed by atoms with Crippen molar-refractivity contribution in [1.29, 1.82) is 0 Å². The van der Waals surface area contributed by atoms with E-state index in [9.17, 15) is 10.2 Å². The molecule has 0 unspecified atom stereocenters. The van der Waals surface area contributed by atoms with E-state index in [2.05, 4.69) is 143 Å². The minimum absolute atomic E-state index is 0.0341. The van der Waals surface area contributed by atoms with Gasteiger partial charge in [0.25, 0.3) is 0 Å². The van der Waals surface area contributed by atoms with Crippen molar-refractivity contribution in [1.82, 2.24) is 0 Å². The van der Waals surface area contributed by atoms with Gasteiger partial charge in [0, 0.05) is 39.3 Å². The average Bonchev–Trinajstić information content (AvgIpc) is 3.33. The highest BCUT2D eigenvalue weighted by Gasteiger charge is 2.22. The second-order valence-electron chi connectivity index (χ2n) is 17.9. The standard InChI is InChI=1S/C62H64O4/c1-6-9-11-20-44-32-36-57(55(38-44)51-26-17-28-53(61(51)63)59-42(4)30-34-47-22-13-15-24-49(47)59)65-40-46(19-8-3)41-66-58-37-33-45(21-12-10-7-2)39-56(58)52-27-18-29-54(62(52)64)60-43(5)31-35-48-23-14-16-25-50(48)60/h8,13-18,22-39,46,63-64H,3,6-7,9-12,19-21,40-41H2,1-2,4-5H3. The Morgan fingerprint density at radius 3 is 1.36 bits per heavy atom. The normalized spacial score (nSPS) is 11.4. The number of para-hydroxylation sites is 2. The minimum Gasteiger partial charge on any atom is -0.507 e. The molecule has 4 heteroatoms. The van der Waals surface area contributed by atoms with Crippen LogP contribution in [0.3, 0.4) is 0 Å². The lowest BCUT2D eigenvalue weighted by molar-refractivity contribution is 0.179. The molecule has 0 heterocycles. The maximum Gasteiger partial charge on any atom is 0.131 e. The van der Waals surface area contributed by atoms with Crippen molar-refractivity contribution >= 4 is 21.5 Å². The van der Waals surface area contributed by atoms with Crippen molar-refractivity contribution in [3.8, 4) is 67.5 Å². The van der Waals surface area contributed by atoms with Crippen LogP contribution in [0.5, 0.6) is 23.0 Å². The molecular formula is C62H64O4. The summed E-state index contributed by atoms with van der Waals surface area (Å²) in [6.07, 6.45) is 11.3. The molecule has 0 radical (unpaired) electrons. The zero-order valence-electron chi connectivity index (χ0n) is 39.2. The molecule has 0 fully saturated rings. The van der Waals surface area contributed by atoms with Crippen LogP contribution in [0, 0.1) is 19.8 Å². The van der Waals surface area contributed by atoms with E-state index in [0.717, 1.165) is 129 Å². The van der Waals surface area contributed by atoms with Crippen LogP contribution in [0.2, 0.25) is 0 Å². The maximum absolute atomic E-state index is 12.2. The van der Waals surface area contributed by atoms with Gasteiger partial charge in [-0.15, -0.1) is 6.58 Å². The van der Waals surface area contributed by atoms with Crippen LogP contribution < -0.4 is 9.47 Å². The van der Waals surface area contributed by atoms with E-state index in [4.69, 9.17) is 9.47 Å². The van der Waals surface area contributed by atoms with Crippen LogP contribution in [0.4, 0.5) is 0 Å². The number of phenolic OH excluding ortho intramolecular Hbond substituents is 2. The van der Waals surface area contributed by atoms with Gasteiger partial charge in [-0.05, 0) is 125 Å². The number of aryl methyl sites for hydroxylation is 4. The molecule has 0 aliphatic rings. The van der Waals surface area contributed by atoms with Crippen LogP contribution in [0.25, 0.3) is 66.1 Å². The molecule has 8 rings (SSSR count). The fraction of sp³-hybridized carbons (Fsp3) is 0.258. The van der Waals surface area contributed by atoms with Gasteiger partial charge in [-0.1, -0.05) is 167 Å². The van der Waals surface area contributed by atoms with Crippen LogP contribution in [0.1, 0.15) is 81.0 Å². The van der Waals surface area contributed by atoms with Gasteiger partial charge in [-0.2, -0.15) is 0 Å². The molecule has 0 aliphatic heterocycles. The zero-order chi connectivity index (χ0) is 46.0. The summed E-state index contributed by atoms with van der Waals surface area (Å²) in [6, 6.07) is 50.3. The first-order chi connectivity index (χ1) is 32.3. The van der Waals surface area contributed by atoms with Crippen molar-refractivity contribution < 1.29 is 19.7 Å². The lowest BCUT2D eigenvalue weighted by Crippen LogP contribution is -2.20. The molecular weight excluding hydrogens is 809 g/mol. The Balaban J connectivity index is 1.11. The van der Waals surface area contributed by atoms with Gasteiger partial charge in [-0.25, -0.2) is 0 Å². The lowest BCUT2D eigenvalue weighted by Gasteiger charge is -2.22. The Bertz CT molecular complexity index is 2760. The predicted molar refractivity (Wildman–Crippen MR) is 278 cm³/mol. The van der Waals surface area contributed by atoms with E-state index >= 15 is 0 Å². The van der Waals surface area contributed by atoms with Crippen molar-refractivity contribution in [2.45, 2.75) is 85.5 Å². The van der Waals surface area contributed by atoms with Crippen LogP contribution in [0.15, 0.2) is 158 Å². The molecule has 0 spiro atoms. The largest absolute Gasteiger partial charge is 0.507 e. The molecule has 8 aromatic carbocycles. The van der Waals surface area contributed by atoms with E-state index in [-0.39, 0.29) is 17.4 Å². The predicted octanol–water partition coefficient (Wildman–Crippen LogP) is 16.8. The second kappa shape index (κ2) is 21.5. The number of rotatable bonds is 20. The number of unbranched alkanes of at least 4 members (excludes halogenated alkanes) is 4. The SMILES string of the molecule is C=CCC(COc1ccc(CCCCC)cc1-c1cccc(-c2c(C)ccc3ccccc23)c1O)COc1ccc(CCCCC)cc1-c1cccc(-c2c(C)ccc3ccccc23)c1O. The number of aromatic hydroxyl groups is 2. The van der Waals surface area contributed by atoms with Crippen molar-refractivity contribution in [2.24, 2.45) is 5.92 Å². The van der Waals surface area contributed by atoms with Crippen LogP contribution in [-0.4, -0.2) is 23.4 Å². The zero-order valence-corrected chi connectivity index (χ0v) is 39.2. The Hall–Kier alpha value is -6.78. The van der Waals surface area contributed by atoms with Gasteiger partial charge in [0.15, 0.2) is 0 Å². The van der Waals surface area contributed by atoms with Gasteiger partial charge in [0.2, 0.25) is 0 Å². The molecule has 0 aliphatic carbocycles. The van der Waals surface area contributed by atoms with E-state index in [1.165, 1.54) is 11.1 Å². The number of allylic oxidation sites excluding steroid dienone is 1. The quantitative estimate of drug-likeness (QED) is 0.0592. The van der Waals surface area contributed by atoms with Crippen LogP contribution in [-0.2, 0) is 12.8 Å². The van der Waals surface area contributed by atoms with E-state index in [0.29, 0.717) is 31.1 Å². The van der Waals surface area contributed by atoms with E-state index in [1.807, 2.05) is 42.5 Å². The lowest BCUT2D eigenvalue weighted by atomic mass is 9.90. The number of benzene rings is 8. The molecule has 2 N–H and O–H groups in total. The van der Waals surface area contributed by atoms with Gasteiger partial charge in [-0.3, -0.25) is 0 Å². The summed E-state index contributed by atoms with van der Waals surface area (Å²) >= 11 is 0. The van der Waals surface area contributed by atoms with Crippen molar-refractivity contribution in [3.05, 3.63) is 181 Å². The Morgan fingerprint density at radius 1 is 0.485 bits per heavy atom. The summed E-state index contributed by atoms with van der Waals surface area (Å²) in [7, 11) is 0. The fourth-order valence-corrected chi connectivity index (χ4v) is 9.53. The average molecular weight is 873 g/mol. The van der Waals surface area contributed by atoms with Crippen molar-refractivity contribution in [2.75, 3.05) is 13.2 Å². The van der Waals surface area contributed by atoms with Gasteiger partial charge >= 0.3 is 0 Å². The summed E-state index contributed by atoms with van der Waals surface area (Å²) < 4.78 is 13.6. The molecule has 0 saturated heterocycles. The first-order valence-electron chi connectivity index (χ1n) is 24.0. The molecule has 66 heavy (non-hydrogen) atoms. The van der Waals surface area contributed by atoms with E-state index in [1.54, 1.807) is 0 Å². The fourth-order valence-electron chi connectivity index (χ4n) is 9.53.